The fourth-order valence-electron chi connectivity index (χ4n) is 1.46. The fourth-order valence-corrected chi connectivity index (χ4v) is 1.46. The van der Waals surface area contributed by atoms with E-state index < -0.39 is 0 Å². The molecular formula is C12H17NO2. The summed E-state index contributed by atoms with van der Waals surface area (Å²) < 4.78 is 5.37. The van der Waals surface area contributed by atoms with E-state index in [1.165, 1.54) is 0 Å². The smallest absolute Gasteiger partial charge is 0.193 e. The molecule has 1 unspecified atom stereocenters. The van der Waals surface area contributed by atoms with E-state index in [1.807, 2.05) is 26.8 Å². The van der Waals surface area contributed by atoms with Crippen molar-refractivity contribution in [2.24, 2.45) is 0 Å². The van der Waals surface area contributed by atoms with Crippen molar-refractivity contribution >= 4 is 5.78 Å². The largest absolute Gasteiger partial charge is 0.370 e. The lowest BCUT2D eigenvalue weighted by atomic mass is 10.1. The second-order valence-electron chi connectivity index (χ2n) is 3.47. The Bertz CT molecular complexity index is 336. The highest BCUT2D eigenvalue weighted by Crippen LogP contribution is 2.09. The maximum atomic E-state index is 12.0. The van der Waals surface area contributed by atoms with Gasteiger partial charge in [-0.1, -0.05) is 6.92 Å². The number of hydrogen-bond donors (Lipinski definition) is 0. The highest BCUT2D eigenvalue weighted by molar-refractivity contribution is 5.99. The predicted octanol–water partition coefficient (Wildman–Crippen LogP) is 2.39. The van der Waals surface area contributed by atoms with Gasteiger partial charge < -0.3 is 4.74 Å². The summed E-state index contributed by atoms with van der Waals surface area (Å²) in [5, 5.41) is 0. The number of nitrogens with zero attached hydrogens (tertiary/aromatic N) is 1. The van der Waals surface area contributed by atoms with E-state index >= 15 is 0 Å². The summed E-state index contributed by atoms with van der Waals surface area (Å²) in [6.07, 6.45) is 3.69. The summed E-state index contributed by atoms with van der Waals surface area (Å²) in [4.78, 5) is 16.0. The van der Waals surface area contributed by atoms with Crippen LogP contribution < -0.4 is 0 Å². The molecule has 0 N–H and O–H groups in total. The third-order valence-corrected chi connectivity index (χ3v) is 2.19. The number of ether oxygens (including phenoxy) is 1. The van der Waals surface area contributed by atoms with E-state index in [2.05, 4.69) is 4.98 Å². The summed E-state index contributed by atoms with van der Waals surface area (Å²) in [7, 11) is 0. The Balaban J connectivity index is 2.82. The summed E-state index contributed by atoms with van der Waals surface area (Å²) >= 11 is 0. The van der Waals surface area contributed by atoms with Crippen LogP contribution in [0.3, 0.4) is 0 Å². The molecule has 3 nitrogen and oxygen atoms in total. The fraction of sp³-hybridized carbons (Fsp3) is 0.500. The van der Waals surface area contributed by atoms with Crippen molar-refractivity contribution in [3.05, 3.63) is 29.6 Å². The third kappa shape index (κ3) is 3.13. The molecule has 82 valence electrons. The third-order valence-electron chi connectivity index (χ3n) is 2.19. The topological polar surface area (TPSA) is 39.2 Å². The van der Waals surface area contributed by atoms with Crippen molar-refractivity contribution in [1.29, 1.82) is 0 Å². The number of hydrogen-bond acceptors (Lipinski definition) is 3. The van der Waals surface area contributed by atoms with Crippen molar-refractivity contribution in [3.63, 3.8) is 0 Å². The first-order valence-electron chi connectivity index (χ1n) is 5.26. The average molecular weight is 207 g/mol. The summed E-state index contributed by atoms with van der Waals surface area (Å²) in [6.45, 7) is 6.32. The number of aryl methyl sites for hydroxylation is 1. The van der Waals surface area contributed by atoms with Crippen LogP contribution in [0, 0.1) is 6.92 Å². The van der Waals surface area contributed by atoms with E-state index in [0.29, 0.717) is 18.6 Å². The van der Waals surface area contributed by atoms with Crippen LogP contribution in [0.25, 0.3) is 0 Å². The zero-order chi connectivity index (χ0) is 11.3. The first-order chi connectivity index (χ1) is 7.19. The van der Waals surface area contributed by atoms with E-state index in [-0.39, 0.29) is 11.9 Å². The summed E-state index contributed by atoms with van der Waals surface area (Å²) in [5.74, 6) is 0.0237. The number of aromatic nitrogens is 1. The van der Waals surface area contributed by atoms with Crippen LogP contribution in [0.1, 0.15) is 36.2 Å². The molecule has 0 saturated heterocycles. The molecule has 1 atom stereocenters. The van der Waals surface area contributed by atoms with Gasteiger partial charge in [0.05, 0.1) is 0 Å². The minimum atomic E-state index is -0.335. The van der Waals surface area contributed by atoms with E-state index in [0.717, 1.165) is 5.56 Å². The van der Waals surface area contributed by atoms with Gasteiger partial charge in [0.25, 0.3) is 0 Å². The Morgan fingerprint density at radius 1 is 1.47 bits per heavy atom. The van der Waals surface area contributed by atoms with Crippen molar-refractivity contribution in [2.75, 3.05) is 6.61 Å². The molecule has 0 fully saturated rings. The van der Waals surface area contributed by atoms with Crippen molar-refractivity contribution in [3.8, 4) is 0 Å². The normalized spacial score (nSPS) is 12.5. The lowest BCUT2D eigenvalue weighted by molar-refractivity contribution is 0.0443. The minimum absolute atomic E-state index is 0.0237. The van der Waals surface area contributed by atoms with Crippen LogP contribution in [0.5, 0.6) is 0 Å². The molecule has 0 amide bonds. The van der Waals surface area contributed by atoms with Gasteiger partial charge in [0.15, 0.2) is 5.78 Å². The molecule has 15 heavy (non-hydrogen) atoms. The molecule has 0 spiro atoms. The van der Waals surface area contributed by atoms with E-state index in [1.54, 1.807) is 12.4 Å². The van der Waals surface area contributed by atoms with Crippen LogP contribution in [-0.2, 0) is 4.74 Å². The number of carbonyl (C=O) groups excluding carboxylic acids is 1. The Morgan fingerprint density at radius 3 is 2.73 bits per heavy atom. The number of Topliss-reactive ketones (excluding diaryl/α,β-unsaturated/α-hetero) is 1. The first-order valence-corrected chi connectivity index (χ1v) is 5.26. The predicted molar refractivity (Wildman–Crippen MR) is 59.0 cm³/mol. The molecule has 1 heterocycles. The number of rotatable bonds is 5. The van der Waals surface area contributed by atoms with Crippen molar-refractivity contribution in [2.45, 2.75) is 33.3 Å². The number of pyridine rings is 1. The summed E-state index contributed by atoms with van der Waals surface area (Å²) in [5.41, 5.74) is 1.63. The molecule has 0 radical (unpaired) electrons. The SMILES string of the molecule is CCOC(CC)C(=O)c1cncc(C)c1. The van der Waals surface area contributed by atoms with Crippen LogP contribution in [0.15, 0.2) is 18.5 Å². The Kier molecular flexibility index (Phi) is 4.43. The van der Waals surface area contributed by atoms with Gasteiger partial charge in [-0.2, -0.15) is 0 Å². The minimum Gasteiger partial charge on any atom is -0.370 e. The number of ketones is 1. The van der Waals surface area contributed by atoms with Gasteiger partial charge in [0.2, 0.25) is 0 Å². The molecule has 3 heteroatoms. The Morgan fingerprint density at radius 2 is 2.20 bits per heavy atom. The van der Waals surface area contributed by atoms with Crippen LogP contribution in [-0.4, -0.2) is 23.5 Å². The van der Waals surface area contributed by atoms with E-state index in [4.69, 9.17) is 4.74 Å². The lowest BCUT2D eigenvalue weighted by Crippen LogP contribution is -2.23. The van der Waals surface area contributed by atoms with Gasteiger partial charge >= 0.3 is 0 Å². The second kappa shape index (κ2) is 5.61. The molecule has 1 rings (SSSR count). The molecule has 0 aliphatic heterocycles. The van der Waals surface area contributed by atoms with Gasteiger partial charge in [-0.3, -0.25) is 9.78 Å². The molecule has 0 aliphatic carbocycles. The Labute approximate surface area is 90.5 Å². The van der Waals surface area contributed by atoms with Gasteiger partial charge in [0, 0.05) is 24.6 Å². The molecule has 1 aromatic rings. The second-order valence-corrected chi connectivity index (χ2v) is 3.47. The quantitative estimate of drug-likeness (QED) is 0.696. The van der Waals surface area contributed by atoms with Crippen LogP contribution >= 0.6 is 0 Å². The molecule has 1 aromatic heterocycles. The first kappa shape index (κ1) is 11.9. The maximum absolute atomic E-state index is 12.0. The highest BCUT2D eigenvalue weighted by atomic mass is 16.5. The van der Waals surface area contributed by atoms with Gasteiger partial charge in [0.1, 0.15) is 6.10 Å². The molecule has 0 aliphatic rings. The summed E-state index contributed by atoms with van der Waals surface area (Å²) in [6, 6.07) is 1.84. The van der Waals surface area contributed by atoms with Crippen molar-refractivity contribution in [1.82, 2.24) is 4.98 Å². The zero-order valence-corrected chi connectivity index (χ0v) is 9.49. The highest BCUT2D eigenvalue weighted by Gasteiger charge is 2.18. The van der Waals surface area contributed by atoms with Crippen LogP contribution in [0.4, 0.5) is 0 Å². The average Bonchev–Trinajstić information content (AvgIpc) is 2.25. The number of carbonyl (C=O) groups is 1. The van der Waals surface area contributed by atoms with Crippen molar-refractivity contribution < 1.29 is 9.53 Å². The molecule has 0 saturated carbocycles. The monoisotopic (exact) mass is 207 g/mol. The van der Waals surface area contributed by atoms with E-state index in [9.17, 15) is 4.79 Å². The van der Waals surface area contributed by atoms with Gasteiger partial charge in [-0.05, 0) is 31.9 Å². The molecule has 0 aromatic carbocycles. The molecule has 0 bridgehead atoms. The standard InChI is InChI=1S/C12H17NO2/c1-4-11(15-5-2)12(14)10-6-9(3)7-13-8-10/h6-8,11H,4-5H2,1-3H3. The maximum Gasteiger partial charge on any atom is 0.193 e. The van der Waals surface area contributed by atoms with Gasteiger partial charge in [-0.15, -0.1) is 0 Å². The lowest BCUT2D eigenvalue weighted by Gasteiger charge is -2.13. The zero-order valence-electron chi connectivity index (χ0n) is 9.49. The van der Waals surface area contributed by atoms with Crippen LogP contribution in [0.2, 0.25) is 0 Å². The Hall–Kier alpha value is -1.22. The van der Waals surface area contributed by atoms with Gasteiger partial charge in [-0.25, -0.2) is 0 Å². The molecular weight excluding hydrogens is 190 g/mol.